The van der Waals surface area contributed by atoms with Gasteiger partial charge in [-0.15, -0.1) is 0 Å². The molecule has 0 saturated carbocycles. The average molecular weight is 404 g/mol. The van der Waals surface area contributed by atoms with E-state index in [0.717, 1.165) is 0 Å². The highest BCUT2D eigenvalue weighted by molar-refractivity contribution is 7.79. The molecular weight excluding hydrogens is 380 g/mol. The zero-order valence-electron chi connectivity index (χ0n) is 14.5. The lowest BCUT2D eigenvalue weighted by Crippen LogP contribution is -2.40. The summed E-state index contributed by atoms with van der Waals surface area (Å²) < 4.78 is 37.7. The molecule has 0 aliphatic heterocycles. The van der Waals surface area contributed by atoms with E-state index in [9.17, 15) is 0 Å². The lowest BCUT2D eigenvalue weighted by molar-refractivity contribution is -0.704. The molecule has 2 rings (SSSR count). The molecule has 0 bridgehead atoms. The van der Waals surface area contributed by atoms with Crippen molar-refractivity contribution in [3.8, 4) is 0 Å². The van der Waals surface area contributed by atoms with Gasteiger partial charge in [0.05, 0.1) is 13.2 Å². The maximum atomic E-state index is 9.04. The average Bonchev–Trinajstić information content (AvgIpc) is 2.62. The van der Waals surface area contributed by atoms with Crippen molar-refractivity contribution in [2.45, 2.75) is 25.3 Å². The SMILES string of the molecule is O=S(=O)([O-])[O-].OCC(O)C[n+]1ccccc1.OCC(O)C[n+]1ccccc1. The summed E-state index contributed by atoms with van der Waals surface area (Å²) in [6.45, 7) is 0.498. The lowest BCUT2D eigenvalue weighted by atomic mass is 10.3. The number of aromatic nitrogens is 2. The molecule has 0 fully saturated rings. The monoisotopic (exact) mass is 404 g/mol. The molecule has 0 spiro atoms. The number of hydrogen-bond donors (Lipinski definition) is 4. The van der Waals surface area contributed by atoms with Gasteiger partial charge in [-0.05, 0) is 0 Å². The van der Waals surface area contributed by atoms with Crippen molar-refractivity contribution in [2.75, 3.05) is 13.2 Å². The van der Waals surface area contributed by atoms with E-state index in [0.29, 0.717) is 13.1 Å². The van der Waals surface area contributed by atoms with Crippen LogP contribution in [0.2, 0.25) is 0 Å². The third-order valence-electron chi connectivity index (χ3n) is 2.82. The first-order valence-corrected chi connectivity index (χ1v) is 9.11. The summed E-state index contributed by atoms with van der Waals surface area (Å²) in [7, 11) is -5.17. The molecule has 2 unspecified atom stereocenters. The molecule has 2 aromatic heterocycles. The summed E-state index contributed by atoms with van der Waals surface area (Å²) in [4.78, 5) is 0. The second kappa shape index (κ2) is 14.1. The minimum atomic E-state index is -5.17. The van der Waals surface area contributed by atoms with Gasteiger partial charge in [0.25, 0.3) is 0 Å². The fourth-order valence-corrected chi connectivity index (χ4v) is 1.71. The zero-order chi connectivity index (χ0) is 20.7. The number of nitrogens with zero attached hydrogens (tertiary/aromatic N) is 2. The highest BCUT2D eigenvalue weighted by atomic mass is 32.3. The van der Waals surface area contributed by atoms with E-state index >= 15 is 0 Å². The van der Waals surface area contributed by atoms with Crippen LogP contribution in [-0.2, 0) is 23.5 Å². The Morgan fingerprint density at radius 2 is 0.963 bits per heavy atom. The first-order valence-electron chi connectivity index (χ1n) is 7.78. The molecule has 4 N–H and O–H groups in total. The Hall–Kier alpha value is -1.99. The van der Waals surface area contributed by atoms with Crippen molar-refractivity contribution < 1.29 is 47.1 Å². The third kappa shape index (κ3) is 17.2. The van der Waals surface area contributed by atoms with E-state index in [2.05, 4.69) is 0 Å². The highest BCUT2D eigenvalue weighted by Gasteiger charge is 2.07. The number of rotatable bonds is 6. The van der Waals surface area contributed by atoms with Crippen LogP contribution in [0, 0.1) is 0 Å². The fourth-order valence-electron chi connectivity index (χ4n) is 1.71. The van der Waals surface area contributed by atoms with Gasteiger partial charge >= 0.3 is 0 Å². The summed E-state index contributed by atoms with van der Waals surface area (Å²) in [5.74, 6) is 0. The molecule has 10 nitrogen and oxygen atoms in total. The van der Waals surface area contributed by atoms with Crippen LogP contribution in [0.15, 0.2) is 61.2 Å². The minimum absolute atomic E-state index is 0.193. The quantitative estimate of drug-likeness (QED) is 0.229. The van der Waals surface area contributed by atoms with Crippen LogP contribution in [0.1, 0.15) is 0 Å². The van der Waals surface area contributed by atoms with Gasteiger partial charge in [0.1, 0.15) is 12.2 Å². The number of hydrogen-bond acceptors (Lipinski definition) is 8. The van der Waals surface area contributed by atoms with Gasteiger partial charge in [-0.2, -0.15) is 0 Å². The van der Waals surface area contributed by atoms with E-state index < -0.39 is 22.6 Å². The van der Waals surface area contributed by atoms with Crippen molar-refractivity contribution in [3.63, 3.8) is 0 Å². The first kappa shape index (κ1) is 25.0. The topological polar surface area (TPSA) is 169 Å². The van der Waals surface area contributed by atoms with Crippen molar-refractivity contribution in [1.29, 1.82) is 0 Å². The first-order chi connectivity index (χ1) is 12.7. The Labute approximate surface area is 157 Å². The van der Waals surface area contributed by atoms with Gasteiger partial charge in [-0.1, -0.05) is 12.1 Å². The molecule has 11 heteroatoms. The Morgan fingerprint density at radius 3 is 1.19 bits per heavy atom. The molecule has 27 heavy (non-hydrogen) atoms. The second-order valence-corrected chi connectivity index (χ2v) is 6.04. The molecular formula is C16H24N2O8S. The normalized spacial score (nSPS) is 12.7. The van der Waals surface area contributed by atoms with Crippen molar-refractivity contribution in [3.05, 3.63) is 61.2 Å². The summed E-state index contributed by atoms with van der Waals surface area (Å²) in [5, 5.41) is 35.1. The van der Waals surface area contributed by atoms with E-state index in [4.69, 9.17) is 37.9 Å². The van der Waals surface area contributed by atoms with E-state index in [1.54, 1.807) is 0 Å². The molecule has 0 aliphatic carbocycles. The predicted octanol–water partition coefficient (Wildman–Crippen LogP) is -2.68. The van der Waals surface area contributed by atoms with Gasteiger partial charge < -0.3 is 29.5 Å². The summed E-state index contributed by atoms with van der Waals surface area (Å²) in [6, 6.07) is 11.3. The van der Waals surface area contributed by atoms with Gasteiger partial charge in [-0.25, -0.2) is 9.13 Å². The Kier molecular flexibility index (Phi) is 13.1. The maximum Gasteiger partial charge on any atom is 0.176 e. The molecule has 0 saturated heterocycles. The van der Waals surface area contributed by atoms with Crippen LogP contribution >= 0.6 is 0 Å². The molecule has 0 radical (unpaired) electrons. The largest absolute Gasteiger partial charge is 0.759 e. The molecule has 152 valence electrons. The number of aliphatic hydroxyl groups excluding tert-OH is 4. The van der Waals surface area contributed by atoms with Crippen LogP contribution in [-0.4, -0.2) is 63.4 Å². The molecule has 0 aromatic carbocycles. The molecule has 0 aliphatic rings. The standard InChI is InChI=1S/2C8H12NO2.H2O4S/c2*10-7-8(11)6-9-4-2-1-3-5-9;1-5(2,3)4/h2*1-5,8,10-11H,6-7H2;(H2,1,2,3,4)/q2*+1;/p-2. The van der Waals surface area contributed by atoms with E-state index in [-0.39, 0.29) is 13.2 Å². The Bertz CT molecular complexity index is 645. The van der Waals surface area contributed by atoms with Crippen LogP contribution in [0.5, 0.6) is 0 Å². The predicted molar refractivity (Wildman–Crippen MR) is 89.9 cm³/mol. The number of aliphatic hydroxyl groups is 4. The zero-order valence-corrected chi connectivity index (χ0v) is 15.3. The third-order valence-corrected chi connectivity index (χ3v) is 2.82. The van der Waals surface area contributed by atoms with Crippen molar-refractivity contribution in [2.24, 2.45) is 0 Å². The van der Waals surface area contributed by atoms with Crippen LogP contribution in [0.4, 0.5) is 0 Å². The van der Waals surface area contributed by atoms with Crippen molar-refractivity contribution >= 4 is 10.4 Å². The van der Waals surface area contributed by atoms with Gasteiger partial charge in [0.2, 0.25) is 0 Å². The summed E-state index contributed by atoms with van der Waals surface area (Å²) in [5.41, 5.74) is 0. The van der Waals surface area contributed by atoms with Gasteiger partial charge in [0, 0.05) is 34.7 Å². The lowest BCUT2D eigenvalue weighted by Gasteiger charge is -2.06. The molecule has 2 aromatic rings. The Balaban J connectivity index is 0.000000405. The smallest absolute Gasteiger partial charge is 0.176 e. The van der Waals surface area contributed by atoms with Gasteiger partial charge in [-0.3, -0.25) is 8.42 Å². The second-order valence-electron chi connectivity index (χ2n) is 5.23. The van der Waals surface area contributed by atoms with Crippen LogP contribution in [0.3, 0.4) is 0 Å². The summed E-state index contributed by atoms with van der Waals surface area (Å²) in [6.07, 6.45) is 6.06. The van der Waals surface area contributed by atoms with E-state index in [1.807, 2.05) is 70.3 Å². The maximum absolute atomic E-state index is 9.04. The van der Waals surface area contributed by atoms with Crippen LogP contribution in [0.25, 0.3) is 0 Å². The van der Waals surface area contributed by atoms with E-state index in [1.165, 1.54) is 0 Å². The van der Waals surface area contributed by atoms with Crippen LogP contribution < -0.4 is 9.13 Å². The summed E-state index contributed by atoms with van der Waals surface area (Å²) >= 11 is 0. The minimum Gasteiger partial charge on any atom is -0.759 e. The molecule has 2 atom stereocenters. The molecule has 2 heterocycles. The van der Waals surface area contributed by atoms with Crippen molar-refractivity contribution in [1.82, 2.24) is 0 Å². The Morgan fingerprint density at radius 1 is 0.704 bits per heavy atom. The van der Waals surface area contributed by atoms with Gasteiger partial charge in [0.15, 0.2) is 37.9 Å². The number of pyridine rings is 2. The highest BCUT2D eigenvalue weighted by Crippen LogP contribution is 1.83. The molecule has 0 amide bonds. The fraction of sp³-hybridized carbons (Fsp3) is 0.375.